The number of benzene rings is 1. The van der Waals surface area contributed by atoms with Gasteiger partial charge < -0.3 is 10.4 Å². The Morgan fingerprint density at radius 2 is 1.82 bits per heavy atom. The molecule has 0 saturated heterocycles. The third-order valence-electron chi connectivity index (χ3n) is 3.28. The summed E-state index contributed by atoms with van der Waals surface area (Å²) < 4.78 is 1.71. The van der Waals surface area contributed by atoms with Crippen LogP contribution in [0.4, 0.5) is 0 Å². The summed E-state index contributed by atoms with van der Waals surface area (Å²) in [6.45, 7) is 5.44. The number of carboxylic acids is 1. The number of nitrogens with zero attached hydrogens (tertiary/aromatic N) is 2. The normalized spacial score (nSPS) is 12.2. The summed E-state index contributed by atoms with van der Waals surface area (Å²) in [7, 11) is 0. The lowest BCUT2D eigenvalue weighted by molar-refractivity contribution is -0.138. The number of carboxylic acid groups (broad SMARTS) is 1. The number of nitrogens with one attached hydrogen (secondary N) is 1. The molecule has 0 saturated carbocycles. The highest BCUT2D eigenvalue weighted by Crippen LogP contribution is 2.20. The summed E-state index contributed by atoms with van der Waals surface area (Å²) >= 11 is 0. The Morgan fingerprint density at radius 3 is 2.36 bits per heavy atom. The second-order valence-electron chi connectivity index (χ2n) is 5.39. The van der Waals surface area contributed by atoms with E-state index in [9.17, 15) is 9.59 Å². The molecule has 6 heteroatoms. The molecule has 0 fully saturated rings. The molecular weight excluding hydrogens is 282 g/mol. The molecule has 2 N–H and O–H groups in total. The first-order valence-corrected chi connectivity index (χ1v) is 7.09. The van der Waals surface area contributed by atoms with Gasteiger partial charge in [-0.1, -0.05) is 32.0 Å². The van der Waals surface area contributed by atoms with Crippen molar-refractivity contribution < 1.29 is 14.7 Å². The Hall–Kier alpha value is -2.63. The molecule has 0 aliphatic rings. The van der Waals surface area contributed by atoms with Gasteiger partial charge in [0.05, 0.1) is 5.69 Å². The SMILES string of the molecule is CC(NC(=O)c1cc(C(C)C)n(-c2ccccc2)n1)C(=O)O. The molecule has 1 heterocycles. The average molecular weight is 301 g/mol. The maximum Gasteiger partial charge on any atom is 0.325 e. The van der Waals surface area contributed by atoms with Gasteiger partial charge in [0.1, 0.15) is 6.04 Å². The minimum atomic E-state index is -1.08. The number of carbonyl (C=O) groups is 2. The van der Waals surface area contributed by atoms with E-state index in [1.165, 1.54) is 6.92 Å². The van der Waals surface area contributed by atoms with Crippen LogP contribution in [-0.2, 0) is 4.79 Å². The molecule has 0 aliphatic heterocycles. The van der Waals surface area contributed by atoms with Crippen LogP contribution in [0.15, 0.2) is 36.4 Å². The molecule has 6 nitrogen and oxygen atoms in total. The molecule has 0 radical (unpaired) electrons. The average Bonchev–Trinajstić information content (AvgIpc) is 2.93. The van der Waals surface area contributed by atoms with E-state index in [2.05, 4.69) is 10.4 Å². The van der Waals surface area contributed by atoms with E-state index in [-0.39, 0.29) is 11.6 Å². The lowest BCUT2D eigenvalue weighted by Crippen LogP contribution is -2.38. The van der Waals surface area contributed by atoms with Crippen molar-refractivity contribution in [3.05, 3.63) is 47.8 Å². The van der Waals surface area contributed by atoms with Gasteiger partial charge in [-0.25, -0.2) is 4.68 Å². The number of hydrogen-bond acceptors (Lipinski definition) is 3. The van der Waals surface area contributed by atoms with Gasteiger partial charge in [-0.15, -0.1) is 0 Å². The van der Waals surface area contributed by atoms with Crippen molar-refractivity contribution in [1.82, 2.24) is 15.1 Å². The van der Waals surface area contributed by atoms with Crippen molar-refractivity contribution >= 4 is 11.9 Å². The Bertz CT molecular complexity index is 677. The van der Waals surface area contributed by atoms with Gasteiger partial charge in [0.15, 0.2) is 5.69 Å². The Kier molecular flexibility index (Phi) is 4.60. The molecule has 22 heavy (non-hydrogen) atoms. The number of carbonyl (C=O) groups excluding carboxylic acids is 1. The molecule has 1 unspecified atom stereocenters. The van der Waals surface area contributed by atoms with Crippen molar-refractivity contribution in [2.45, 2.75) is 32.7 Å². The van der Waals surface area contributed by atoms with Gasteiger partial charge in [0.25, 0.3) is 5.91 Å². The first-order chi connectivity index (χ1) is 10.4. The Balaban J connectivity index is 2.35. The van der Waals surface area contributed by atoms with Crippen molar-refractivity contribution in [2.24, 2.45) is 0 Å². The second kappa shape index (κ2) is 6.43. The zero-order chi connectivity index (χ0) is 16.3. The van der Waals surface area contributed by atoms with E-state index in [1.54, 1.807) is 10.7 Å². The molecule has 2 rings (SSSR count). The van der Waals surface area contributed by atoms with Crippen LogP contribution in [0.5, 0.6) is 0 Å². The van der Waals surface area contributed by atoms with E-state index < -0.39 is 17.9 Å². The summed E-state index contributed by atoms with van der Waals surface area (Å²) in [6, 6.07) is 10.2. The van der Waals surface area contributed by atoms with Gasteiger partial charge in [-0.2, -0.15) is 5.10 Å². The minimum absolute atomic E-state index is 0.172. The fourth-order valence-electron chi connectivity index (χ4n) is 2.03. The van der Waals surface area contributed by atoms with Gasteiger partial charge in [-0.05, 0) is 31.0 Å². The fraction of sp³-hybridized carbons (Fsp3) is 0.312. The molecule has 116 valence electrons. The van der Waals surface area contributed by atoms with Crippen molar-refractivity contribution in [1.29, 1.82) is 0 Å². The number of rotatable bonds is 5. The van der Waals surface area contributed by atoms with E-state index in [0.717, 1.165) is 11.4 Å². The topological polar surface area (TPSA) is 84.2 Å². The predicted molar refractivity (Wildman–Crippen MR) is 82.2 cm³/mol. The Morgan fingerprint density at radius 1 is 1.18 bits per heavy atom. The quantitative estimate of drug-likeness (QED) is 0.886. The van der Waals surface area contributed by atoms with Gasteiger partial charge >= 0.3 is 5.97 Å². The van der Waals surface area contributed by atoms with Gasteiger partial charge in [0.2, 0.25) is 0 Å². The van der Waals surface area contributed by atoms with Crippen LogP contribution >= 0.6 is 0 Å². The zero-order valence-corrected chi connectivity index (χ0v) is 12.8. The lowest BCUT2D eigenvalue weighted by atomic mass is 10.1. The molecule has 1 aromatic carbocycles. The molecule has 1 atom stereocenters. The molecule has 1 amide bonds. The molecular formula is C16H19N3O3. The van der Waals surface area contributed by atoms with Crippen LogP contribution in [0.1, 0.15) is 42.9 Å². The predicted octanol–water partition coefficient (Wildman–Crippen LogP) is 2.20. The van der Waals surface area contributed by atoms with Crippen LogP contribution < -0.4 is 5.32 Å². The van der Waals surface area contributed by atoms with Crippen LogP contribution in [0.25, 0.3) is 5.69 Å². The monoisotopic (exact) mass is 301 g/mol. The van der Waals surface area contributed by atoms with Crippen molar-refractivity contribution in [3.63, 3.8) is 0 Å². The van der Waals surface area contributed by atoms with Crippen molar-refractivity contribution in [2.75, 3.05) is 0 Å². The number of hydrogen-bond donors (Lipinski definition) is 2. The Labute approximate surface area is 128 Å². The smallest absolute Gasteiger partial charge is 0.325 e. The largest absolute Gasteiger partial charge is 0.480 e. The summed E-state index contributed by atoms with van der Waals surface area (Å²) in [6.07, 6.45) is 0. The third kappa shape index (κ3) is 3.33. The maximum atomic E-state index is 12.1. The second-order valence-corrected chi connectivity index (χ2v) is 5.39. The molecule has 1 aromatic heterocycles. The molecule has 2 aromatic rings. The summed E-state index contributed by atoms with van der Waals surface area (Å²) in [4.78, 5) is 23.0. The van der Waals surface area contributed by atoms with Crippen LogP contribution in [-0.4, -0.2) is 32.8 Å². The molecule has 0 bridgehead atoms. The minimum Gasteiger partial charge on any atom is -0.480 e. The first kappa shape index (κ1) is 15.8. The lowest BCUT2D eigenvalue weighted by Gasteiger charge is -2.09. The number of para-hydroxylation sites is 1. The van der Waals surface area contributed by atoms with Crippen LogP contribution in [0.3, 0.4) is 0 Å². The summed E-state index contributed by atoms with van der Waals surface area (Å²) in [5.41, 5.74) is 1.96. The van der Waals surface area contributed by atoms with Crippen LogP contribution in [0, 0.1) is 0 Å². The number of aromatic nitrogens is 2. The first-order valence-electron chi connectivity index (χ1n) is 7.09. The summed E-state index contributed by atoms with van der Waals surface area (Å²) in [5, 5.41) is 15.6. The number of aliphatic carboxylic acids is 1. The highest BCUT2D eigenvalue weighted by Gasteiger charge is 2.20. The zero-order valence-electron chi connectivity index (χ0n) is 12.8. The van der Waals surface area contributed by atoms with Crippen molar-refractivity contribution in [3.8, 4) is 5.69 Å². The fourth-order valence-corrected chi connectivity index (χ4v) is 2.03. The van der Waals surface area contributed by atoms with Crippen LogP contribution in [0.2, 0.25) is 0 Å². The highest BCUT2D eigenvalue weighted by molar-refractivity contribution is 5.95. The van der Waals surface area contributed by atoms with E-state index in [1.807, 2.05) is 44.2 Å². The van der Waals surface area contributed by atoms with E-state index in [4.69, 9.17) is 5.11 Å². The van der Waals surface area contributed by atoms with Gasteiger partial charge in [0, 0.05) is 5.69 Å². The standard InChI is InChI=1S/C16H19N3O3/c1-10(2)14-9-13(15(20)17-11(3)16(21)22)18-19(14)12-7-5-4-6-8-12/h4-11H,1-3H3,(H,17,20)(H,21,22). The third-order valence-corrected chi connectivity index (χ3v) is 3.28. The summed E-state index contributed by atoms with van der Waals surface area (Å²) in [5.74, 6) is -1.41. The number of amides is 1. The van der Waals surface area contributed by atoms with E-state index in [0.29, 0.717) is 0 Å². The molecule has 0 aliphatic carbocycles. The van der Waals surface area contributed by atoms with Gasteiger partial charge in [-0.3, -0.25) is 9.59 Å². The highest BCUT2D eigenvalue weighted by atomic mass is 16.4. The van der Waals surface area contributed by atoms with E-state index >= 15 is 0 Å². The molecule has 0 spiro atoms. The maximum absolute atomic E-state index is 12.1.